The minimum atomic E-state index is 0. The van der Waals surface area contributed by atoms with E-state index in [1.807, 2.05) is 0 Å². The van der Waals surface area contributed by atoms with E-state index in [4.69, 9.17) is 0 Å². The van der Waals surface area contributed by atoms with Gasteiger partial charge in [0.15, 0.2) is 0 Å². The van der Waals surface area contributed by atoms with Crippen LogP contribution in [0.5, 0.6) is 0 Å². The van der Waals surface area contributed by atoms with Crippen molar-refractivity contribution in [1.29, 1.82) is 0 Å². The van der Waals surface area contributed by atoms with Gasteiger partial charge in [0.1, 0.15) is 0 Å². The smallest absolute Gasteiger partial charge is 0.0786 e. The van der Waals surface area contributed by atoms with Crippen LogP contribution in [0.25, 0.3) is 0 Å². The lowest BCUT2D eigenvalue weighted by Gasteiger charge is -2.40. The van der Waals surface area contributed by atoms with Crippen LogP contribution in [-0.4, -0.2) is 30.7 Å². The molecule has 0 aromatic heterocycles. The van der Waals surface area contributed by atoms with Gasteiger partial charge in [0.05, 0.1) is 26.2 Å². The molecule has 0 N–H and O–H groups in total. The molecule has 0 aliphatic heterocycles. The predicted octanol–water partition coefficient (Wildman–Crippen LogP) is 16.1. The first-order valence-electron chi connectivity index (χ1n) is 26.1. The Labute approximate surface area is 362 Å². The summed E-state index contributed by atoms with van der Waals surface area (Å²) < 4.78 is 1.49. The summed E-state index contributed by atoms with van der Waals surface area (Å²) >= 11 is 0. The number of nitrogens with zero attached hydrogens (tertiary/aromatic N) is 1. The normalized spacial score (nSPS) is 11.8. The summed E-state index contributed by atoms with van der Waals surface area (Å²) in [5, 5.41) is 0. The summed E-state index contributed by atoms with van der Waals surface area (Å²) in [6.45, 7) is 15.3. The molecule has 1 nitrogen and oxygen atoms in total. The second kappa shape index (κ2) is 49.8. The van der Waals surface area contributed by atoms with Gasteiger partial charge in [-0.1, -0.05) is 259 Å². The average Bonchev–Trinajstić information content (AvgIpc) is 3.17. The van der Waals surface area contributed by atoms with E-state index in [0.717, 1.165) is 0 Å². The molecule has 0 atom stereocenters. The number of hydrogen-bond donors (Lipinski definition) is 0. The standard InChI is InChI=1S/C52H108N.HI/c1-5-9-13-17-21-25-29-33-37-41-45-49-53(50-46-42-38-34-30-26-22-18-14-10-6-2,51-47-43-39-35-31-27-23-19-15-11-7-3)52-48-44-40-36-32-28-24-20-16-12-8-4;/h5-52H2,1-4H3;1H/q+1;/p-1. The second-order valence-corrected chi connectivity index (χ2v) is 18.4. The lowest BCUT2D eigenvalue weighted by atomic mass is 10.0. The van der Waals surface area contributed by atoms with E-state index in [0.29, 0.717) is 0 Å². The van der Waals surface area contributed by atoms with Gasteiger partial charge in [-0.25, -0.2) is 0 Å². The largest absolute Gasteiger partial charge is 1.00 e. The van der Waals surface area contributed by atoms with Crippen molar-refractivity contribution >= 4 is 0 Å². The Morgan fingerprint density at radius 2 is 0.278 bits per heavy atom. The maximum absolute atomic E-state index is 2.33. The molecule has 0 heterocycles. The molecule has 0 bridgehead atoms. The quantitative estimate of drug-likeness (QED) is 0.0325. The molecule has 0 rings (SSSR count). The fourth-order valence-electron chi connectivity index (χ4n) is 9.12. The van der Waals surface area contributed by atoms with E-state index in [-0.39, 0.29) is 24.0 Å². The van der Waals surface area contributed by atoms with Crippen LogP contribution in [0.1, 0.15) is 310 Å². The van der Waals surface area contributed by atoms with E-state index >= 15 is 0 Å². The Morgan fingerprint density at radius 1 is 0.167 bits per heavy atom. The summed E-state index contributed by atoms with van der Waals surface area (Å²) in [5.41, 5.74) is 0. The highest BCUT2D eigenvalue weighted by Crippen LogP contribution is 2.22. The second-order valence-electron chi connectivity index (χ2n) is 18.4. The van der Waals surface area contributed by atoms with Crippen molar-refractivity contribution in [1.82, 2.24) is 0 Å². The van der Waals surface area contributed by atoms with Gasteiger partial charge in [-0.3, -0.25) is 0 Å². The van der Waals surface area contributed by atoms with Crippen LogP contribution in [0.3, 0.4) is 0 Å². The summed E-state index contributed by atoms with van der Waals surface area (Å²) in [7, 11) is 0. The number of halogens is 1. The van der Waals surface area contributed by atoms with E-state index in [1.165, 1.54) is 313 Å². The molecule has 0 fully saturated rings. The Hall–Kier alpha value is 0.690. The van der Waals surface area contributed by atoms with Crippen molar-refractivity contribution in [2.45, 2.75) is 310 Å². The zero-order valence-corrected chi connectivity index (χ0v) is 40.9. The summed E-state index contributed by atoms with van der Waals surface area (Å²) in [4.78, 5) is 0. The van der Waals surface area contributed by atoms with Crippen LogP contribution in [0.15, 0.2) is 0 Å². The molecular formula is C52H108IN. The molecular weight excluding hydrogens is 765 g/mol. The fraction of sp³-hybridized carbons (Fsp3) is 1.00. The number of quaternary nitrogens is 1. The summed E-state index contributed by atoms with van der Waals surface area (Å²) in [6, 6.07) is 0. The average molecular weight is 874 g/mol. The van der Waals surface area contributed by atoms with Crippen molar-refractivity contribution in [2.24, 2.45) is 0 Å². The monoisotopic (exact) mass is 874 g/mol. The third-order valence-corrected chi connectivity index (χ3v) is 12.9. The first-order chi connectivity index (χ1) is 26.2. The Kier molecular flexibility index (Phi) is 52.4. The van der Waals surface area contributed by atoms with Gasteiger partial charge in [0, 0.05) is 0 Å². The van der Waals surface area contributed by atoms with Gasteiger partial charge < -0.3 is 28.5 Å². The van der Waals surface area contributed by atoms with Crippen LogP contribution >= 0.6 is 0 Å². The zero-order valence-electron chi connectivity index (χ0n) is 38.8. The molecule has 0 saturated heterocycles. The highest BCUT2D eigenvalue weighted by molar-refractivity contribution is 4.57. The lowest BCUT2D eigenvalue weighted by Crippen LogP contribution is -3.00. The number of rotatable bonds is 48. The van der Waals surface area contributed by atoms with Crippen LogP contribution in [0.4, 0.5) is 0 Å². The first kappa shape index (κ1) is 56.8. The lowest BCUT2D eigenvalue weighted by molar-refractivity contribution is -0.929. The fourth-order valence-corrected chi connectivity index (χ4v) is 9.12. The van der Waals surface area contributed by atoms with Gasteiger partial charge in [0.25, 0.3) is 0 Å². The third kappa shape index (κ3) is 43.8. The maximum atomic E-state index is 2.33. The van der Waals surface area contributed by atoms with Crippen molar-refractivity contribution < 1.29 is 28.5 Å². The summed E-state index contributed by atoms with van der Waals surface area (Å²) in [6.07, 6.45) is 64.7. The van der Waals surface area contributed by atoms with E-state index in [2.05, 4.69) is 27.7 Å². The molecule has 0 radical (unpaired) electrons. The van der Waals surface area contributed by atoms with Gasteiger partial charge in [-0.05, 0) is 51.4 Å². The predicted molar refractivity (Wildman–Crippen MR) is 246 cm³/mol. The Bertz CT molecular complexity index is 524. The van der Waals surface area contributed by atoms with Gasteiger partial charge >= 0.3 is 0 Å². The van der Waals surface area contributed by atoms with E-state index < -0.39 is 0 Å². The van der Waals surface area contributed by atoms with Crippen molar-refractivity contribution in [3.05, 3.63) is 0 Å². The number of unbranched alkanes of at least 4 members (excludes halogenated alkanes) is 40. The molecule has 0 aliphatic rings. The zero-order chi connectivity index (χ0) is 38.4. The van der Waals surface area contributed by atoms with Crippen molar-refractivity contribution in [3.63, 3.8) is 0 Å². The van der Waals surface area contributed by atoms with Crippen molar-refractivity contribution in [3.8, 4) is 0 Å². The minimum absolute atomic E-state index is 0. The molecule has 0 spiro atoms. The topological polar surface area (TPSA) is 0 Å². The van der Waals surface area contributed by atoms with Gasteiger partial charge in [0.2, 0.25) is 0 Å². The van der Waals surface area contributed by atoms with Crippen LogP contribution in [0.2, 0.25) is 0 Å². The van der Waals surface area contributed by atoms with E-state index in [1.54, 1.807) is 0 Å². The molecule has 0 aliphatic carbocycles. The van der Waals surface area contributed by atoms with Crippen LogP contribution in [0, 0.1) is 0 Å². The van der Waals surface area contributed by atoms with Gasteiger partial charge in [-0.15, -0.1) is 0 Å². The molecule has 0 saturated carbocycles. The Balaban J connectivity index is 0. The van der Waals surface area contributed by atoms with Crippen molar-refractivity contribution in [2.75, 3.05) is 26.2 Å². The summed E-state index contributed by atoms with van der Waals surface area (Å²) in [5.74, 6) is 0. The van der Waals surface area contributed by atoms with E-state index in [9.17, 15) is 0 Å². The molecule has 328 valence electrons. The molecule has 0 unspecified atom stereocenters. The molecule has 0 aromatic carbocycles. The molecule has 54 heavy (non-hydrogen) atoms. The van der Waals surface area contributed by atoms with Crippen LogP contribution in [-0.2, 0) is 0 Å². The third-order valence-electron chi connectivity index (χ3n) is 12.9. The number of hydrogen-bond acceptors (Lipinski definition) is 0. The molecule has 0 amide bonds. The molecule has 0 aromatic rings. The van der Waals surface area contributed by atoms with Crippen LogP contribution < -0.4 is 24.0 Å². The Morgan fingerprint density at radius 3 is 0.407 bits per heavy atom. The SMILES string of the molecule is CCCCCCCCCCCCC[N+](CCCCCCCCCCCCC)(CCCCCCCCCCCCC)CCCCCCCCCCCCC.[I-]. The maximum Gasteiger partial charge on any atom is 0.0786 e. The first-order valence-corrected chi connectivity index (χ1v) is 26.1. The highest BCUT2D eigenvalue weighted by atomic mass is 127. The van der Waals surface area contributed by atoms with Gasteiger partial charge in [-0.2, -0.15) is 0 Å². The minimum Gasteiger partial charge on any atom is -1.00 e. The molecule has 2 heteroatoms. The highest BCUT2D eigenvalue weighted by Gasteiger charge is 2.25.